The lowest BCUT2D eigenvalue weighted by molar-refractivity contribution is -0.131. The summed E-state index contributed by atoms with van der Waals surface area (Å²) in [6.45, 7) is -0.590. The lowest BCUT2D eigenvalue weighted by Crippen LogP contribution is -1.96. The van der Waals surface area contributed by atoms with Crippen molar-refractivity contribution >= 4 is 45.7 Å². The molecule has 32 heavy (non-hydrogen) atoms. The maximum Gasteiger partial charge on any atom is 0.328 e. The van der Waals surface area contributed by atoms with Crippen molar-refractivity contribution in [1.82, 2.24) is 10.2 Å². The van der Waals surface area contributed by atoms with E-state index >= 15 is 0 Å². The Bertz CT molecular complexity index is 1460. The molecule has 4 aromatic rings. The van der Waals surface area contributed by atoms with E-state index in [2.05, 4.69) is 10.2 Å². The number of hydrogen-bond donors (Lipinski definition) is 2. The van der Waals surface area contributed by atoms with E-state index in [0.717, 1.165) is 23.0 Å². The molecule has 0 aliphatic heterocycles. The van der Waals surface area contributed by atoms with Crippen LogP contribution in [-0.2, 0) is 4.79 Å². The minimum atomic E-state index is -2.13. The summed E-state index contributed by atoms with van der Waals surface area (Å²) in [7, 11) is 0. The Kier molecular flexibility index (Phi) is 5.16. The Morgan fingerprint density at radius 1 is 1.19 bits per heavy atom. The zero-order valence-corrected chi connectivity index (χ0v) is 17.5. The van der Waals surface area contributed by atoms with Gasteiger partial charge < -0.3 is 5.11 Å². The van der Waals surface area contributed by atoms with E-state index in [1.165, 1.54) is 18.2 Å². The first-order valence-electron chi connectivity index (χ1n) is 11.3. The molecule has 0 aliphatic carbocycles. The molecule has 1 heterocycles. The molecule has 3 aromatic carbocycles. The van der Waals surface area contributed by atoms with Crippen LogP contribution in [0.5, 0.6) is 0 Å². The number of carbonyl (C=O) groups is 1. The second kappa shape index (κ2) is 9.20. The number of allylic oxidation sites excluding steroid dienone is 1. The van der Waals surface area contributed by atoms with Crippen molar-refractivity contribution in [2.75, 3.05) is 0 Å². The number of nitrogens with one attached hydrogen (secondary N) is 1. The van der Waals surface area contributed by atoms with Gasteiger partial charge in [-0.15, -0.1) is 0 Å². The van der Waals surface area contributed by atoms with Crippen LogP contribution < -0.4 is 0 Å². The predicted octanol–water partition coefficient (Wildman–Crippen LogP) is 6.82. The van der Waals surface area contributed by atoms with Crippen LogP contribution in [0.1, 0.15) is 39.6 Å². The van der Waals surface area contributed by atoms with Crippen LogP contribution in [0.15, 0.2) is 72.9 Å². The molecule has 0 bridgehead atoms. The summed E-state index contributed by atoms with van der Waals surface area (Å²) in [6.07, 6.45) is 2.00. The van der Waals surface area contributed by atoms with Crippen LogP contribution in [0.25, 0.3) is 28.1 Å². The Balaban J connectivity index is 2.04. The third-order valence-electron chi connectivity index (χ3n) is 4.97. The second-order valence-corrected chi connectivity index (χ2v) is 7.42. The summed E-state index contributed by atoms with van der Waals surface area (Å²) in [5, 5.41) is 16.7. The van der Waals surface area contributed by atoms with Gasteiger partial charge in [0.2, 0.25) is 0 Å². The van der Waals surface area contributed by atoms with Crippen molar-refractivity contribution in [3.8, 4) is 0 Å². The predicted molar refractivity (Wildman–Crippen MR) is 127 cm³/mol. The molecule has 6 heteroatoms. The number of rotatable bonds is 6. The van der Waals surface area contributed by atoms with Crippen molar-refractivity contribution in [1.29, 1.82) is 0 Å². The number of carboxylic acid groups (broad SMARTS) is 1. The molecule has 0 radical (unpaired) electrons. The number of aliphatic carboxylic acids is 1. The number of aromatic nitrogens is 2. The first-order valence-corrected chi connectivity index (χ1v) is 10.0. The third-order valence-corrected chi connectivity index (χ3v) is 5.29. The summed E-state index contributed by atoms with van der Waals surface area (Å²) >= 11 is 6.40. The monoisotopic (exact) mass is 449 g/mol. The van der Waals surface area contributed by atoms with E-state index in [0.29, 0.717) is 22.3 Å². The van der Waals surface area contributed by atoms with Crippen LogP contribution >= 0.6 is 11.6 Å². The van der Waals surface area contributed by atoms with Gasteiger partial charge in [-0.2, -0.15) is 5.10 Å². The van der Waals surface area contributed by atoms with E-state index in [4.69, 9.17) is 20.8 Å². The number of benzene rings is 3. The molecule has 0 amide bonds. The number of halogens is 2. The summed E-state index contributed by atoms with van der Waals surface area (Å²) in [4.78, 5) is 10.9. The molecule has 0 saturated heterocycles. The van der Waals surface area contributed by atoms with Gasteiger partial charge in [0.25, 0.3) is 0 Å². The average molecular weight is 450 g/mol. The van der Waals surface area contributed by atoms with E-state index < -0.39 is 25.1 Å². The first kappa shape index (κ1) is 17.9. The minimum Gasteiger partial charge on any atom is -0.478 e. The Morgan fingerprint density at radius 3 is 2.69 bits per heavy atom. The standard InChI is InChI=1S/C26H20ClFN2O2/c1-2-21(22-10-9-20(28)14-23(22)27)26(18-8-11-24-19(13-18)15-29-30-24)17-6-3-16(4-7-17)5-12-25(31)32/h3-15H,2H2,1H3,(H,29,30)(H,31,32)/i1D,2D2. The summed E-state index contributed by atoms with van der Waals surface area (Å²) < 4.78 is 39.2. The van der Waals surface area contributed by atoms with E-state index in [-0.39, 0.29) is 16.2 Å². The Hall–Kier alpha value is -3.70. The topological polar surface area (TPSA) is 66.0 Å². The maximum absolute atomic E-state index is 13.9. The number of aromatic amines is 1. The van der Waals surface area contributed by atoms with Gasteiger partial charge in [0.05, 0.1) is 16.7 Å². The highest BCUT2D eigenvalue weighted by atomic mass is 35.5. The van der Waals surface area contributed by atoms with Crippen molar-refractivity contribution in [3.05, 3.63) is 106 Å². The lowest BCUT2D eigenvalue weighted by atomic mass is 9.87. The Labute approximate surface area is 193 Å². The van der Waals surface area contributed by atoms with Gasteiger partial charge in [-0.1, -0.05) is 54.9 Å². The number of H-pyrrole nitrogens is 1. The molecule has 160 valence electrons. The highest BCUT2D eigenvalue weighted by Crippen LogP contribution is 2.38. The van der Waals surface area contributed by atoms with Gasteiger partial charge in [-0.25, -0.2) is 9.18 Å². The van der Waals surface area contributed by atoms with Gasteiger partial charge >= 0.3 is 5.97 Å². The fraction of sp³-hybridized carbons (Fsp3) is 0.0769. The zero-order chi connectivity index (χ0) is 25.2. The minimum absolute atomic E-state index is 0.0280. The molecule has 4 nitrogen and oxygen atoms in total. The quantitative estimate of drug-likeness (QED) is 0.250. The number of fused-ring (bicyclic) bond motifs is 1. The van der Waals surface area contributed by atoms with Crippen LogP contribution in [0, 0.1) is 5.82 Å². The molecular formula is C26H20ClFN2O2. The molecule has 1 aromatic heterocycles. The van der Waals surface area contributed by atoms with Crippen molar-refractivity contribution < 1.29 is 18.4 Å². The van der Waals surface area contributed by atoms with Gasteiger partial charge in [0.1, 0.15) is 5.82 Å². The van der Waals surface area contributed by atoms with Crippen LogP contribution in [0.2, 0.25) is 5.02 Å². The maximum atomic E-state index is 13.9. The van der Waals surface area contributed by atoms with E-state index in [9.17, 15) is 9.18 Å². The molecule has 0 fully saturated rings. The van der Waals surface area contributed by atoms with Gasteiger partial charge in [-0.05, 0) is 70.1 Å². The largest absolute Gasteiger partial charge is 0.478 e. The number of hydrogen-bond acceptors (Lipinski definition) is 2. The average Bonchev–Trinajstić information content (AvgIpc) is 3.30. The number of carboxylic acids is 1. The van der Waals surface area contributed by atoms with Gasteiger partial charge in [-0.3, -0.25) is 5.10 Å². The molecule has 4 rings (SSSR count). The van der Waals surface area contributed by atoms with Gasteiger partial charge in [0, 0.05) is 15.6 Å². The van der Waals surface area contributed by atoms with Crippen LogP contribution in [0.4, 0.5) is 4.39 Å². The third kappa shape index (κ3) is 4.48. The fourth-order valence-electron chi connectivity index (χ4n) is 3.49. The summed E-state index contributed by atoms with van der Waals surface area (Å²) in [5.41, 5.74) is 3.62. The lowest BCUT2D eigenvalue weighted by Gasteiger charge is -2.17. The Morgan fingerprint density at radius 2 is 1.97 bits per heavy atom. The van der Waals surface area contributed by atoms with Crippen LogP contribution in [-0.4, -0.2) is 21.3 Å². The van der Waals surface area contributed by atoms with E-state index in [1.54, 1.807) is 30.5 Å². The smallest absolute Gasteiger partial charge is 0.328 e. The van der Waals surface area contributed by atoms with Crippen molar-refractivity contribution in [3.63, 3.8) is 0 Å². The molecule has 0 saturated carbocycles. The normalized spacial score (nSPS) is 14.1. The summed E-state index contributed by atoms with van der Waals surface area (Å²) in [6, 6.07) is 16.1. The molecule has 0 spiro atoms. The van der Waals surface area contributed by atoms with Crippen molar-refractivity contribution in [2.45, 2.75) is 13.3 Å². The van der Waals surface area contributed by atoms with E-state index in [1.807, 2.05) is 18.2 Å². The molecule has 2 N–H and O–H groups in total. The fourth-order valence-corrected chi connectivity index (χ4v) is 3.75. The highest BCUT2D eigenvalue weighted by molar-refractivity contribution is 6.32. The molecule has 0 atom stereocenters. The molecular weight excluding hydrogens is 427 g/mol. The van der Waals surface area contributed by atoms with Crippen molar-refractivity contribution in [2.24, 2.45) is 0 Å². The molecule has 0 unspecified atom stereocenters. The number of nitrogens with zero attached hydrogens (tertiary/aromatic N) is 1. The first-order chi connectivity index (χ1) is 16.7. The summed E-state index contributed by atoms with van der Waals surface area (Å²) in [5.74, 6) is -1.62. The second-order valence-electron chi connectivity index (χ2n) is 7.02. The molecule has 0 aliphatic rings. The highest BCUT2D eigenvalue weighted by Gasteiger charge is 2.16. The van der Waals surface area contributed by atoms with Crippen LogP contribution in [0.3, 0.4) is 0 Å². The van der Waals surface area contributed by atoms with Gasteiger partial charge in [0.15, 0.2) is 0 Å². The SMILES string of the molecule is [2H]CC([2H])([2H])C(=C(c1ccc(C=CC(=O)O)cc1)c1ccc2[nH]ncc2c1)c1ccc(F)cc1Cl. The zero-order valence-electron chi connectivity index (χ0n) is 19.8.